The van der Waals surface area contributed by atoms with Crippen molar-refractivity contribution in [1.82, 2.24) is 10.2 Å². The third-order valence-electron chi connectivity index (χ3n) is 5.52. The van der Waals surface area contributed by atoms with E-state index in [1.807, 2.05) is 36.4 Å². The second-order valence-corrected chi connectivity index (χ2v) is 8.14. The largest absolute Gasteiger partial charge is 0.484 e. The Bertz CT molecular complexity index is 837. The second-order valence-electron chi connectivity index (χ2n) is 7.73. The van der Waals surface area contributed by atoms with Gasteiger partial charge in [0.15, 0.2) is 6.61 Å². The van der Waals surface area contributed by atoms with E-state index in [2.05, 4.69) is 5.32 Å². The number of benzene rings is 2. The van der Waals surface area contributed by atoms with Crippen LogP contribution in [0.15, 0.2) is 54.6 Å². The van der Waals surface area contributed by atoms with Crippen molar-refractivity contribution >= 4 is 23.4 Å². The maximum absolute atomic E-state index is 13.0. The van der Waals surface area contributed by atoms with Crippen molar-refractivity contribution in [3.05, 3.63) is 65.2 Å². The Hall–Kier alpha value is -2.53. The molecule has 0 spiro atoms. The van der Waals surface area contributed by atoms with Crippen LogP contribution >= 0.6 is 11.6 Å². The van der Waals surface area contributed by atoms with Gasteiger partial charge in [-0.3, -0.25) is 9.59 Å². The molecule has 2 aromatic rings. The molecule has 3 rings (SSSR count). The summed E-state index contributed by atoms with van der Waals surface area (Å²) in [5, 5.41) is 3.69. The summed E-state index contributed by atoms with van der Waals surface area (Å²) < 4.78 is 5.64. The van der Waals surface area contributed by atoms with Crippen molar-refractivity contribution in [2.75, 3.05) is 6.61 Å². The first kappa shape index (κ1) is 22.2. The lowest BCUT2D eigenvalue weighted by Gasteiger charge is -2.31. The fourth-order valence-corrected chi connectivity index (χ4v) is 3.90. The third kappa shape index (κ3) is 6.23. The smallest absolute Gasteiger partial charge is 0.261 e. The van der Waals surface area contributed by atoms with Gasteiger partial charge in [0.1, 0.15) is 11.8 Å². The predicted octanol–water partition coefficient (Wildman–Crippen LogP) is 4.59. The molecule has 0 aliphatic heterocycles. The second kappa shape index (κ2) is 11.0. The minimum Gasteiger partial charge on any atom is -0.484 e. The van der Waals surface area contributed by atoms with Crippen LogP contribution in [0.5, 0.6) is 5.75 Å². The summed E-state index contributed by atoms with van der Waals surface area (Å²) in [5.41, 5.74) is 0.796. The van der Waals surface area contributed by atoms with Crippen molar-refractivity contribution in [3.63, 3.8) is 0 Å². The maximum atomic E-state index is 13.0. The number of ether oxygens (including phenoxy) is 1. The zero-order valence-corrected chi connectivity index (χ0v) is 18.1. The predicted molar refractivity (Wildman–Crippen MR) is 118 cm³/mol. The number of hydrogen-bond donors (Lipinski definition) is 1. The van der Waals surface area contributed by atoms with Gasteiger partial charge < -0.3 is 15.0 Å². The summed E-state index contributed by atoms with van der Waals surface area (Å²) in [4.78, 5) is 27.5. The van der Waals surface area contributed by atoms with E-state index in [-0.39, 0.29) is 31.0 Å². The van der Waals surface area contributed by atoms with Crippen LogP contribution in [0.1, 0.15) is 44.6 Å². The number of nitrogens with zero attached hydrogens (tertiary/aromatic N) is 1. The topological polar surface area (TPSA) is 58.6 Å². The lowest BCUT2D eigenvalue weighted by Crippen LogP contribution is -2.51. The number of carbonyl (C=O) groups excluding carboxylic acids is 2. The quantitative estimate of drug-likeness (QED) is 0.669. The number of carbonyl (C=O) groups is 2. The van der Waals surface area contributed by atoms with Crippen LogP contribution in [0.4, 0.5) is 0 Å². The van der Waals surface area contributed by atoms with Crippen molar-refractivity contribution in [2.24, 2.45) is 0 Å². The van der Waals surface area contributed by atoms with Crippen LogP contribution in [-0.2, 0) is 16.1 Å². The van der Waals surface area contributed by atoms with Gasteiger partial charge in [0.25, 0.3) is 5.91 Å². The standard InChI is InChI=1S/C24H29ClN2O3/c1-18(24(29)26-20-11-4-2-5-12-20)27(16-19-10-8-9-15-22(19)25)23(28)17-30-21-13-6-3-7-14-21/h3,6-10,13-15,18,20H,2,4-5,11-12,16-17H2,1H3,(H,26,29)/t18-/m1/s1. The molecule has 160 valence electrons. The molecule has 5 nitrogen and oxygen atoms in total. The third-order valence-corrected chi connectivity index (χ3v) is 5.89. The summed E-state index contributed by atoms with van der Waals surface area (Å²) in [7, 11) is 0. The molecule has 1 aliphatic carbocycles. The average molecular weight is 429 g/mol. The van der Waals surface area contributed by atoms with E-state index >= 15 is 0 Å². The minimum atomic E-state index is -0.630. The van der Waals surface area contributed by atoms with Crippen molar-refractivity contribution in [2.45, 2.75) is 57.7 Å². The first-order chi connectivity index (χ1) is 14.5. The fourth-order valence-electron chi connectivity index (χ4n) is 3.71. The van der Waals surface area contributed by atoms with Gasteiger partial charge in [-0.1, -0.05) is 67.3 Å². The first-order valence-corrected chi connectivity index (χ1v) is 10.9. The van der Waals surface area contributed by atoms with Gasteiger partial charge in [-0.2, -0.15) is 0 Å². The monoisotopic (exact) mass is 428 g/mol. The molecule has 6 heteroatoms. The fraction of sp³-hybridized carbons (Fsp3) is 0.417. The SMILES string of the molecule is C[C@H](C(=O)NC1CCCCC1)N(Cc1ccccc1Cl)C(=O)COc1ccccc1. The highest BCUT2D eigenvalue weighted by Crippen LogP contribution is 2.21. The Morgan fingerprint density at radius 1 is 1.07 bits per heavy atom. The molecule has 2 amide bonds. The highest BCUT2D eigenvalue weighted by Gasteiger charge is 2.28. The summed E-state index contributed by atoms with van der Waals surface area (Å²) in [6.45, 7) is 1.86. The van der Waals surface area contributed by atoms with Gasteiger partial charge in [-0.25, -0.2) is 0 Å². The number of para-hydroxylation sites is 1. The summed E-state index contributed by atoms with van der Waals surface area (Å²) in [6.07, 6.45) is 5.47. The van der Waals surface area contributed by atoms with Crippen LogP contribution < -0.4 is 10.1 Å². The molecule has 1 aliphatic rings. The maximum Gasteiger partial charge on any atom is 0.261 e. The van der Waals surface area contributed by atoms with Crippen LogP contribution in [0.2, 0.25) is 5.02 Å². The van der Waals surface area contributed by atoms with Gasteiger partial charge in [-0.15, -0.1) is 0 Å². The van der Waals surface area contributed by atoms with E-state index < -0.39 is 6.04 Å². The van der Waals surface area contributed by atoms with E-state index in [0.29, 0.717) is 10.8 Å². The molecule has 0 saturated heterocycles. The van der Waals surface area contributed by atoms with Crippen molar-refractivity contribution < 1.29 is 14.3 Å². The Morgan fingerprint density at radius 3 is 2.43 bits per heavy atom. The molecular weight excluding hydrogens is 400 g/mol. The average Bonchev–Trinajstić information content (AvgIpc) is 2.78. The van der Waals surface area contributed by atoms with E-state index in [1.54, 1.807) is 30.0 Å². The Labute approximate surface area is 183 Å². The number of hydrogen-bond acceptors (Lipinski definition) is 3. The minimum absolute atomic E-state index is 0.137. The molecule has 30 heavy (non-hydrogen) atoms. The van der Waals surface area contributed by atoms with E-state index in [9.17, 15) is 9.59 Å². The van der Waals surface area contributed by atoms with E-state index in [4.69, 9.17) is 16.3 Å². The van der Waals surface area contributed by atoms with Gasteiger partial charge in [-0.05, 0) is 43.5 Å². The first-order valence-electron chi connectivity index (χ1n) is 10.6. The van der Waals surface area contributed by atoms with Gasteiger partial charge in [0.05, 0.1) is 0 Å². The van der Waals surface area contributed by atoms with E-state index in [0.717, 1.165) is 31.2 Å². The number of nitrogens with one attached hydrogen (secondary N) is 1. The molecule has 2 aromatic carbocycles. The van der Waals surface area contributed by atoms with Crippen LogP contribution in [0.3, 0.4) is 0 Å². The highest BCUT2D eigenvalue weighted by molar-refractivity contribution is 6.31. The molecule has 0 radical (unpaired) electrons. The van der Waals surface area contributed by atoms with E-state index in [1.165, 1.54) is 6.42 Å². The zero-order chi connectivity index (χ0) is 21.3. The zero-order valence-electron chi connectivity index (χ0n) is 17.4. The highest BCUT2D eigenvalue weighted by atomic mass is 35.5. The summed E-state index contributed by atoms with van der Waals surface area (Å²) in [5.74, 6) is 0.218. The molecule has 1 saturated carbocycles. The number of amides is 2. The van der Waals surface area contributed by atoms with Crippen LogP contribution in [-0.4, -0.2) is 35.4 Å². The summed E-state index contributed by atoms with van der Waals surface area (Å²) in [6, 6.07) is 16.1. The van der Waals surface area contributed by atoms with Crippen molar-refractivity contribution in [1.29, 1.82) is 0 Å². The molecule has 0 unspecified atom stereocenters. The van der Waals surface area contributed by atoms with Gasteiger partial charge >= 0.3 is 0 Å². The Balaban J connectivity index is 1.71. The van der Waals surface area contributed by atoms with Gasteiger partial charge in [0.2, 0.25) is 5.91 Å². The molecule has 0 heterocycles. The molecule has 0 bridgehead atoms. The molecule has 0 aromatic heterocycles. The number of rotatable bonds is 8. The lowest BCUT2D eigenvalue weighted by molar-refractivity contribution is -0.142. The number of halogens is 1. The Morgan fingerprint density at radius 2 is 1.73 bits per heavy atom. The summed E-state index contributed by atoms with van der Waals surface area (Å²) >= 11 is 6.32. The normalized spacial score (nSPS) is 15.3. The van der Waals surface area contributed by atoms with Crippen molar-refractivity contribution in [3.8, 4) is 5.75 Å². The molecular formula is C24H29ClN2O3. The lowest BCUT2D eigenvalue weighted by atomic mass is 9.95. The molecule has 1 N–H and O–H groups in total. The molecule has 1 atom stereocenters. The van der Waals surface area contributed by atoms with Crippen LogP contribution in [0.25, 0.3) is 0 Å². The Kier molecular flexibility index (Phi) is 8.14. The van der Waals surface area contributed by atoms with Crippen LogP contribution in [0, 0.1) is 0 Å². The van der Waals surface area contributed by atoms with Gasteiger partial charge in [0, 0.05) is 17.6 Å². The molecule has 1 fully saturated rings.